The fourth-order valence-electron chi connectivity index (χ4n) is 3.36. The lowest BCUT2D eigenvalue weighted by Crippen LogP contribution is -2.37. The molecule has 0 heterocycles. The predicted molar refractivity (Wildman–Crippen MR) is 88.3 cm³/mol. The lowest BCUT2D eigenvalue weighted by atomic mass is 9.93. The van der Waals surface area contributed by atoms with E-state index in [0.29, 0.717) is 0 Å². The first kappa shape index (κ1) is 15.4. The Kier molecular flexibility index (Phi) is 6.38. The summed E-state index contributed by atoms with van der Waals surface area (Å²) in [5, 5.41) is 3.55. The summed E-state index contributed by atoms with van der Waals surface area (Å²) in [4.78, 5) is 2.64. The van der Waals surface area contributed by atoms with Gasteiger partial charge in [-0.25, -0.2) is 0 Å². The van der Waals surface area contributed by atoms with E-state index in [-0.39, 0.29) is 0 Å². The number of nitrogens with zero attached hydrogens (tertiary/aromatic N) is 1. The second-order valence-corrected chi connectivity index (χ2v) is 5.88. The van der Waals surface area contributed by atoms with Crippen LogP contribution in [0.15, 0.2) is 24.3 Å². The maximum absolute atomic E-state index is 3.55. The molecule has 1 fully saturated rings. The fourth-order valence-corrected chi connectivity index (χ4v) is 3.36. The first-order valence-corrected chi connectivity index (χ1v) is 8.42. The van der Waals surface area contributed by atoms with Gasteiger partial charge in [-0.15, -0.1) is 0 Å². The van der Waals surface area contributed by atoms with Crippen LogP contribution in [0.4, 0.5) is 5.69 Å². The van der Waals surface area contributed by atoms with Crippen LogP contribution < -0.4 is 10.2 Å². The molecule has 0 atom stereocenters. The molecule has 2 rings (SSSR count). The Bertz CT molecular complexity index is 383. The van der Waals surface area contributed by atoms with Crippen molar-refractivity contribution in [3.63, 3.8) is 0 Å². The molecule has 0 unspecified atom stereocenters. The number of nitrogens with one attached hydrogen (secondary N) is 1. The summed E-state index contributed by atoms with van der Waals surface area (Å²) in [6, 6.07) is 9.69. The number of anilines is 1. The largest absolute Gasteiger partial charge is 0.369 e. The molecule has 112 valence electrons. The first-order chi connectivity index (χ1) is 9.86. The lowest BCUT2D eigenvalue weighted by Gasteiger charge is -2.36. The molecular weight excluding hydrogens is 244 g/mol. The minimum atomic E-state index is 0.751. The Morgan fingerprint density at radius 2 is 1.85 bits per heavy atom. The lowest BCUT2D eigenvalue weighted by molar-refractivity contribution is 0.417. The van der Waals surface area contributed by atoms with Crippen LogP contribution in [0.3, 0.4) is 0 Å². The van der Waals surface area contributed by atoms with Gasteiger partial charge >= 0.3 is 0 Å². The summed E-state index contributed by atoms with van der Waals surface area (Å²) in [5.74, 6) is 0. The Morgan fingerprint density at radius 3 is 2.55 bits per heavy atom. The van der Waals surface area contributed by atoms with Gasteiger partial charge in [-0.3, -0.25) is 0 Å². The van der Waals surface area contributed by atoms with Crippen molar-refractivity contribution in [1.29, 1.82) is 0 Å². The van der Waals surface area contributed by atoms with Crippen molar-refractivity contribution in [2.75, 3.05) is 18.0 Å². The van der Waals surface area contributed by atoms with Crippen molar-refractivity contribution < 1.29 is 0 Å². The zero-order valence-electron chi connectivity index (χ0n) is 13.2. The second kappa shape index (κ2) is 8.31. The molecule has 1 aliphatic rings. The van der Waals surface area contributed by atoms with Crippen LogP contribution >= 0.6 is 0 Å². The Balaban J connectivity index is 2.11. The molecule has 0 bridgehead atoms. The molecule has 1 aliphatic carbocycles. The molecule has 0 radical (unpaired) electrons. The summed E-state index contributed by atoms with van der Waals surface area (Å²) in [5.41, 5.74) is 2.90. The van der Waals surface area contributed by atoms with Gasteiger partial charge in [-0.1, -0.05) is 44.4 Å². The van der Waals surface area contributed by atoms with E-state index in [9.17, 15) is 0 Å². The molecule has 0 aliphatic heterocycles. The van der Waals surface area contributed by atoms with Crippen LogP contribution in [0.5, 0.6) is 0 Å². The summed E-state index contributed by atoms with van der Waals surface area (Å²) in [6.07, 6.45) is 8.15. The second-order valence-electron chi connectivity index (χ2n) is 5.88. The minimum Gasteiger partial charge on any atom is -0.369 e. The molecule has 1 aromatic rings. The van der Waals surface area contributed by atoms with E-state index in [2.05, 4.69) is 48.3 Å². The molecule has 2 heteroatoms. The molecule has 2 nitrogen and oxygen atoms in total. The third kappa shape index (κ3) is 3.99. The minimum absolute atomic E-state index is 0.751. The molecule has 0 saturated heterocycles. The van der Waals surface area contributed by atoms with Crippen molar-refractivity contribution in [1.82, 2.24) is 5.32 Å². The predicted octanol–water partition coefficient (Wildman–Crippen LogP) is 4.35. The molecule has 0 aromatic heterocycles. The monoisotopic (exact) mass is 274 g/mol. The standard InChI is InChI=1S/C18H30N2/c1-3-14-19-15-16-10-8-9-13-18(16)20(4-2)17-11-6-5-7-12-17/h8-10,13,17,19H,3-7,11-12,14-15H2,1-2H3. The number of benzene rings is 1. The highest BCUT2D eigenvalue weighted by atomic mass is 15.2. The van der Waals surface area contributed by atoms with Gasteiger partial charge in [0, 0.05) is 24.8 Å². The van der Waals surface area contributed by atoms with E-state index in [1.807, 2.05) is 0 Å². The van der Waals surface area contributed by atoms with Gasteiger partial charge in [0.25, 0.3) is 0 Å². The van der Waals surface area contributed by atoms with Gasteiger partial charge in [0.1, 0.15) is 0 Å². The Hall–Kier alpha value is -1.02. The van der Waals surface area contributed by atoms with Gasteiger partial charge in [0.05, 0.1) is 0 Å². The van der Waals surface area contributed by atoms with Crippen molar-refractivity contribution in [3.8, 4) is 0 Å². The van der Waals surface area contributed by atoms with Crippen molar-refractivity contribution in [2.24, 2.45) is 0 Å². The summed E-state index contributed by atoms with van der Waals surface area (Å²) < 4.78 is 0. The van der Waals surface area contributed by atoms with E-state index in [1.165, 1.54) is 49.8 Å². The molecule has 1 saturated carbocycles. The average Bonchev–Trinajstić information content (AvgIpc) is 2.51. The molecule has 1 aromatic carbocycles. The highest BCUT2D eigenvalue weighted by Gasteiger charge is 2.21. The highest BCUT2D eigenvalue weighted by Crippen LogP contribution is 2.29. The molecule has 0 amide bonds. The normalized spacial score (nSPS) is 16.3. The first-order valence-electron chi connectivity index (χ1n) is 8.42. The number of para-hydroxylation sites is 1. The van der Waals surface area contributed by atoms with E-state index < -0.39 is 0 Å². The van der Waals surface area contributed by atoms with Crippen molar-refractivity contribution in [2.45, 2.75) is 65.0 Å². The van der Waals surface area contributed by atoms with Crippen LogP contribution in [0.25, 0.3) is 0 Å². The van der Waals surface area contributed by atoms with Crippen molar-refractivity contribution >= 4 is 5.69 Å². The van der Waals surface area contributed by atoms with Crippen molar-refractivity contribution in [3.05, 3.63) is 29.8 Å². The Labute approximate surface area is 124 Å². The van der Waals surface area contributed by atoms with E-state index in [0.717, 1.165) is 25.7 Å². The molecule has 1 N–H and O–H groups in total. The molecule has 0 spiro atoms. The van der Waals surface area contributed by atoms with Gasteiger partial charge in [-0.2, -0.15) is 0 Å². The maximum atomic E-state index is 3.55. The van der Waals surface area contributed by atoms with Crippen LogP contribution in [-0.4, -0.2) is 19.1 Å². The average molecular weight is 274 g/mol. The van der Waals surface area contributed by atoms with E-state index in [1.54, 1.807) is 0 Å². The van der Waals surface area contributed by atoms with Crippen LogP contribution in [0, 0.1) is 0 Å². The number of hydrogen-bond donors (Lipinski definition) is 1. The van der Waals surface area contributed by atoms with Gasteiger partial charge < -0.3 is 10.2 Å². The van der Waals surface area contributed by atoms with E-state index >= 15 is 0 Å². The molecular formula is C18H30N2. The highest BCUT2D eigenvalue weighted by molar-refractivity contribution is 5.54. The van der Waals surface area contributed by atoms with Gasteiger partial charge in [-0.05, 0) is 44.4 Å². The topological polar surface area (TPSA) is 15.3 Å². The number of rotatable bonds is 7. The SMILES string of the molecule is CCCNCc1ccccc1N(CC)C1CCCCC1. The van der Waals surface area contributed by atoms with Crippen LogP contribution in [-0.2, 0) is 6.54 Å². The zero-order chi connectivity index (χ0) is 14.2. The summed E-state index contributed by atoms with van der Waals surface area (Å²) in [6.45, 7) is 7.73. The Morgan fingerprint density at radius 1 is 1.10 bits per heavy atom. The fraction of sp³-hybridized carbons (Fsp3) is 0.667. The maximum Gasteiger partial charge on any atom is 0.0414 e. The molecule has 20 heavy (non-hydrogen) atoms. The van der Waals surface area contributed by atoms with Crippen LogP contribution in [0.2, 0.25) is 0 Å². The van der Waals surface area contributed by atoms with Gasteiger partial charge in [0.15, 0.2) is 0 Å². The summed E-state index contributed by atoms with van der Waals surface area (Å²) >= 11 is 0. The zero-order valence-corrected chi connectivity index (χ0v) is 13.2. The third-order valence-electron chi connectivity index (χ3n) is 4.40. The quantitative estimate of drug-likeness (QED) is 0.744. The van der Waals surface area contributed by atoms with E-state index in [4.69, 9.17) is 0 Å². The number of hydrogen-bond acceptors (Lipinski definition) is 2. The smallest absolute Gasteiger partial charge is 0.0414 e. The third-order valence-corrected chi connectivity index (χ3v) is 4.40. The van der Waals surface area contributed by atoms with Crippen LogP contribution in [0.1, 0.15) is 57.9 Å². The van der Waals surface area contributed by atoms with Gasteiger partial charge in [0.2, 0.25) is 0 Å². The summed E-state index contributed by atoms with van der Waals surface area (Å²) in [7, 11) is 0.